The normalized spacial score (nSPS) is 26.8. The molecule has 18 heavy (non-hydrogen) atoms. The number of likely N-dealkylation sites (tertiary alicyclic amines) is 1. The van der Waals surface area contributed by atoms with Gasteiger partial charge in [0, 0.05) is 23.7 Å². The number of hydrogen-bond donors (Lipinski definition) is 1. The van der Waals surface area contributed by atoms with Gasteiger partial charge >= 0.3 is 0 Å². The summed E-state index contributed by atoms with van der Waals surface area (Å²) in [7, 11) is 1.55. The third-order valence-corrected chi connectivity index (χ3v) is 4.67. The number of nitrogens with zero attached hydrogens (tertiary/aromatic N) is 1. The lowest BCUT2D eigenvalue weighted by molar-refractivity contribution is -0.137. The Balaban J connectivity index is 1.76. The summed E-state index contributed by atoms with van der Waals surface area (Å²) in [4.78, 5) is 25.8. The average Bonchev–Trinajstić information content (AvgIpc) is 2.89. The first kappa shape index (κ1) is 11.7. The highest BCUT2D eigenvalue weighted by molar-refractivity contribution is 7.99. The molecule has 1 aromatic carbocycles. The number of thioether (sulfide) groups is 1. The van der Waals surface area contributed by atoms with Crippen LogP contribution < -0.4 is 5.32 Å². The number of amides is 2. The molecule has 0 bridgehead atoms. The zero-order valence-corrected chi connectivity index (χ0v) is 10.9. The summed E-state index contributed by atoms with van der Waals surface area (Å²) in [5.41, 5.74) is 1.23. The van der Waals surface area contributed by atoms with Gasteiger partial charge in [0.25, 0.3) is 0 Å². The Hall–Kier alpha value is -1.33. The van der Waals surface area contributed by atoms with Crippen LogP contribution in [0.3, 0.4) is 0 Å². The topological polar surface area (TPSA) is 49.4 Å². The summed E-state index contributed by atoms with van der Waals surface area (Å²) < 4.78 is 0. The number of rotatable bonds is 2. The van der Waals surface area contributed by atoms with Gasteiger partial charge in [0.05, 0.1) is 12.5 Å². The molecule has 0 saturated carbocycles. The molecule has 3 rings (SSSR count). The Morgan fingerprint density at radius 1 is 1.28 bits per heavy atom. The third-order valence-electron chi connectivity index (χ3n) is 3.48. The van der Waals surface area contributed by atoms with Crippen LogP contribution in [0.5, 0.6) is 0 Å². The van der Waals surface area contributed by atoms with Crippen LogP contribution in [0.1, 0.15) is 18.0 Å². The van der Waals surface area contributed by atoms with Crippen LogP contribution in [0.2, 0.25) is 0 Å². The third kappa shape index (κ3) is 1.83. The first-order chi connectivity index (χ1) is 8.66. The largest absolute Gasteiger partial charge is 0.298 e. The maximum Gasteiger partial charge on any atom is 0.246 e. The number of imide groups is 1. The van der Waals surface area contributed by atoms with Crippen molar-refractivity contribution in [3.05, 3.63) is 29.8 Å². The molecule has 0 spiro atoms. The minimum absolute atomic E-state index is 0.101. The van der Waals surface area contributed by atoms with Crippen LogP contribution in [0.15, 0.2) is 29.2 Å². The number of likely N-dealkylation sites (N-methyl/N-ethyl adjacent to an activating group) is 1. The van der Waals surface area contributed by atoms with Crippen molar-refractivity contribution in [3.8, 4) is 0 Å². The molecule has 2 heterocycles. The number of carbonyl (C=O) groups is 2. The summed E-state index contributed by atoms with van der Waals surface area (Å²) in [6.07, 6.45) is 0.276. The van der Waals surface area contributed by atoms with Gasteiger partial charge in [0.2, 0.25) is 11.8 Å². The van der Waals surface area contributed by atoms with Gasteiger partial charge in [0.15, 0.2) is 0 Å². The molecule has 1 aromatic rings. The highest BCUT2D eigenvalue weighted by Gasteiger charge is 2.38. The van der Waals surface area contributed by atoms with E-state index in [0.717, 1.165) is 5.75 Å². The van der Waals surface area contributed by atoms with E-state index in [9.17, 15) is 9.59 Å². The molecule has 0 radical (unpaired) electrons. The lowest BCUT2D eigenvalue weighted by Gasteiger charge is -2.17. The van der Waals surface area contributed by atoms with Gasteiger partial charge in [-0.2, -0.15) is 0 Å². The van der Waals surface area contributed by atoms with E-state index in [-0.39, 0.29) is 30.3 Å². The lowest BCUT2D eigenvalue weighted by Crippen LogP contribution is -2.39. The van der Waals surface area contributed by atoms with Gasteiger partial charge in [-0.1, -0.05) is 18.2 Å². The Morgan fingerprint density at radius 2 is 2.06 bits per heavy atom. The van der Waals surface area contributed by atoms with Crippen LogP contribution >= 0.6 is 11.8 Å². The van der Waals surface area contributed by atoms with Crippen LogP contribution in [-0.4, -0.2) is 35.6 Å². The molecule has 0 aliphatic carbocycles. The van der Waals surface area contributed by atoms with Gasteiger partial charge in [-0.15, -0.1) is 11.8 Å². The second-order valence-electron chi connectivity index (χ2n) is 4.62. The van der Waals surface area contributed by atoms with Crippen molar-refractivity contribution in [3.63, 3.8) is 0 Å². The number of hydrogen-bond acceptors (Lipinski definition) is 4. The zero-order valence-electron chi connectivity index (χ0n) is 10.1. The fourth-order valence-electron chi connectivity index (χ4n) is 2.43. The molecule has 2 atom stereocenters. The van der Waals surface area contributed by atoms with Gasteiger partial charge in [-0.25, -0.2) is 0 Å². The van der Waals surface area contributed by atoms with E-state index < -0.39 is 0 Å². The minimum Gasteiger partial charge on any atom is -0.298 e. The maximum atomic E-state index is 11.9. The molecule has 2 amide bonds. The SMILES string of the molecule is CN1C(=O)CC(NC2CSc3ccccc32)C1=O. The van der Waals surface area contributed by atoms with Gasteiger partial charge in [-0.05, 0) is 11.6 Å². The van der Waals surface area contributed by atoms with Crippen LogP contribution in [0.4, 0.5) is 0 Å². The van der Waals surface area contributed by atoms with E-state index in [0.29, 0.717) is 0 Å². The molecule has 5 heteroatoms. The molecule has 1 N–H and O–H groups in total. The lowest BCUT2D eigenvalue weighted by atomic mass is 10.1. The summed E-state index contributed by atoms with van der Waals surface area (Å²) >= 11 is 1.79. The van der Waals surface area contributed by atoms with Crippen molar-refractivity contribution in [2.75, 3.05) is 12.8 Å². The molecule has 94 valence electrons. The summed E-state index contributed by atoms with van der Waals surface area (Å²) in [6, 6.07) is 8.01. The Morgan fingerprint density at radius 3 is 2.78 bits per heavy atom. The van der Waals surface area contributed by atoms with Crippen molar-refractivity contribution >= 4 is 23.6 Å². The molecular formula is C13H14N2O2S. The number of carbonyl (C=O) groups excluding carboxylic acids is 2. The summed E-state index contributed by atoms with van der Waals surface area (Å²) in [6.45, 7) is 0. The van der Waals surface area contributed by atoms with Crippen molar-refractivity contribution in [1.29, 1.82) is 0 Å². The fraction of sp³-hybridized carbons (Fsp3) is 0.385. The Kier molecular flexibility index (Phi) is 2.87. The van der Waals surface area contributed by atoms with E-state index in [1.165, 1.54) is 15.4 Å². The summed E-state index contributed by atoms with van der Waals surface area (Å²) in [5, 5.41) is 3.31. The minimum atomic E-state index is -0.362. The first-order valence-electron chi connectivity index (χ1n) is 5.95. The molecule has 2 unspecified atom stereocenters. The number of fused-ring (bicyclic) bond motifs is 1. The number of nitrogens with one attached hydrogen (secondary N) is 1. The van der Waals surface area contributed by atoms with Crippen LogP contribution in [-0.2, 0) is 9.59 Å². The predicted octanol–water partition coefficient (Wildman–Crippen LogP) is 1.18. The van der Waals surface area contributed by atoms with Crippen molar-refractivity contribution in [1.82, 2.24) is 10.2 Å². The summed E-state index contributed by atoms with van der Waals surface area (Å²) in [5.74, 6) is 0.701. The highest BCUT2D eigenvalue weighted by atomic mass is 32.2. The second kappa shape index (κ2) is 4.40. The van der Waals surface area contributed by atoms with Crippen molar-refractivity contribution in [2.45, 2.75) is 23.4 Å². The van der Waals surface area contributed by atoms with E-state index >= 15 is 0 Å². The van der Waals surface area contributed by atoms with Gasteiger partial charge in [0.1, 0.15) is 0 Å². The molecule has 1 saturated heterocycles. The molecule has 2 aliphatic heterocycles. The average molecular weight is 262 g/mol. The standard InChI is InChI=1S/C13H14N2O2S/c1-15-12(16)6-9(13(15)17)14-10-7-18-11-5-3-2-4-8(10)11/h2-5,9-10,14H,6-7H2,1H3. The molecule has 4 nitrogen and oxygen atoms in total. The van der Waals surface area contributed by atoms with E-state index in [1.54, 1.807) is 18.8 Å². The van der Waals surface area contributed by atoms with E-state index in [1.807, 2.05) is 12.1 Å². The Bertz CT molecular complexity index is 517. The molecule has 2 aliphatic rings. The van der Waals surface area contributed by atoms with Gasteiger partial charge in [-0.3, -0.25) is 19.8 Å². The van der Waals surface area contributed by atoms with E-state index in [2.05, 4.69) is 17.4 Å². The second-order valence-corrected chi connectivity index (χ2v) is 5.68. The monoisotopic (exact) mass is 262 g/mol. The zero-order chi connectivity index (χ0) is 12.7. The molecule has 0 aromatic heterocycles. The van der Waals surface area contributed by atoms with Crippen LogP contribution in [0.25, 0.3) is 0 Å². The quantitative estimate of drug-likeness (QED) is 0.813. The van der Waals surface area contributed by atoms with Crippen LogP contribution in [0, 0.1) is 0 Å². The van der Waals surface area contributed by atoms with Gasteiger partial charge < -0.3 is 0 Å². The van der Waals surface area contributed by atoms with E-state index in [4.69, 9.17) is 0 Å². The van der Waals surface area contributed by atoms with Crippen molar-refractivity contribution in [2.24, 2.45) is 0 Å². The molecule has 1 fully saturated rings. The van der Waals surface area contributed by atoms with Crippen molar-refractivity contribution < 1.29 is 9.59 Å². The Labute approximate surface area is 110 Å². The highest BCUT2D eigenvalue weighted by Crippen LogP contribution is 2.38. The predicted molar refractivity (Wildman–Crippen MR) is 69.2 cm³/mol. The smallest absolute Gasteiger partial charge is 0.246 e. The fourth-order valence-corrected chi connectivity index (χ4v) is 3.60. The maximum absolute atomic E-state index is 11.9. The molecular weight excluding hydrogens is 248 g/mol. The number of benzene rings is 1. The first-order valence-corrected chi connectivity index (χ1v) is 6.93.